The SMILES string of the molecule is CNC(C)Cc1noc(-c2ccccc2SCc2cccs2)n1. The quantitative estimate of drug-likeness (QED) is 0.649. The molecule has 1 N–H and O–H groups in total. The van der Waals surface area contributed by atoms with E-state index in [-0.39, 0.29) is 0 Å². The monoisotopic (exact) mass is 345 g/mol. The predicted octanol–water partition coefficient (Wildman–Crippen LogP) is 4.24. The Morgan fingerprint density at radius 2 is 2.13 bits per heavy atom. The molecule has 4 nitrogen and oxygen atoms in total. The Morgan fingerprint density at radius 1 is 1.26 bits per heavy atom. The van der Waals surface area contributed by atoms with E-state index in [9.17, 15) is 0 Å². The van der Waals surface area contributed by atoms with E-state index in [1.807, 2.05) is 25.2 Å². The summed E-state index contributed by atoms with van der Waals surface area (Å²) in [6.45, 7) is 2.10. The molecule has 0 amide bonds. The first-order valence-corrected chi connectivity index (χ1v) is 9.37. The van der Waals surface area contributed by atoms with Crippen LogP contribution in [0, 0.1) is 0 Å². The molecule has 3 aromatic rings. The van der Waals surface area contributed by atoms with Crippen LogP contribution in [0.3, 0.4) is 0 Å². The molecule has 0 aliphatic rings. The number of aromatic nitrogens is 2. The third kappa shape index (κ3) is 4.22. The fourth-order valence-corrected chi connectivity index (χ4v) is 3.95. The molecule has 120 valence electrons. The van der Waals surface area contributed by atoms with Gasteiger partial charge in [-0.1, -0.05) is 23.4 Å². The zero-order valence-corrected chi connectivity index (χ0v) is 14.8. The summed E-state index contributed by atoms with van der Waals surface area (Å²) in [6, 6.07) is 12.8. The highest BCUT2D eigenvalue weighted by Crippen LogP contribution is 2.33. The number of thioether (sulfide) groups is 1. The van der Waals surface area contributed by atoms with Gasteiger partial charge < -0.3 is 9.84 Å². The third-order valence-electron chi connectivity index (χ3n) is 3.52. The number of hydrogen-bond donors (Lipinski definition) is 1. The van der Waals surface area contributed by atoms with Crippen LogP contribution in [0.25, 0.3) is 11.5 Å². The Labute approximate surface area is 144 Å². The summed E-state index contributed by atoms with van der Waals surface area (Å²) in [5.74, 6) is 2.28. The normalized spacial score (nSPS) is 12.4. The van der Waals surface area contributed by atoms with E-state index in [2.05, 4.69) is 46.0 Å². The number of likely N-dealkylation sites (N-methyl/N-ethyl adjacent to an activating group) is 1. The van der Waals surface area contributed by atoms with Gasteiger partial charge in [-0.15, -0.1) is 23.1 Å². The Morgan fingerprint density at radius 3 is 2.91 bits per heavy atom. The van der Waals surface area contributed by atoms with Crippen molar-refractivity contribution in [1.82, 2.24) is 15.5 Å². The second-order valence-electron chi connectivity index (χ2n) is 5.27. The first-order chi connectivity index (χ1) is 11.3. The van der Waals surface area contributed by atoms with Crippen LogP contribution in [-0.4, -0.2) is 23.2 Å². The molecule has 1 aromatic carbocycles. The van der Waals surface area contributed by atoms with Crippen LogP contribution >= 0.6 is 23.1 Å². The van der Waals surface area contributed by atoms with Crippen molar-refractivity contribution < 1.29 is 4.52 Å². The van der Waals surface area contributed by atoms with Crippen molar-refractivity contribution in [3.05, 3.63) is 52.5 Å². The second kappa shape index (κ2) is 7.77. The van der Waals surface area contributed by atoms with Crippen molar-refractivity contribution in [3.63, 3.8) is 0 Å². The third-order valence-corrected chi connectivity index (χ3v) is 5.70. The molecule has 0 bridgehead atoms. The van der Waals surface area contributed by atoms with Crippen LogP contribution in [-0.2, 0) is 12.2 Å². The van der Waals surface area contributed by atoms with Crippen molar-refractivity contribution in [2.45, 2.75) is 30.0 Å². The molecule has 0 saturated heterocycles. The minimum absolute atomic E-state index is 0.323. The molecule has 2 heterocycles. The van der Waals surface area contributed by atoms with Gasteiger partial charge in [0.05, 0.1) is 5.56 Å². The molecule has 2 aromatic heterocycles. The van der Waals surface area contributed by atoms with Crippen LogP contribution < -0.4 is 5.32 Å². The lowest BCUT2D eigenvalue weighted by Gasteiger charge is -2.05. The average molecular weight is 345 g/mol. The van der Waals surface area contributed by atoms with Gasteiger partial charge >= 0.3 is 0 Å². The molecule has 0 radical (unpaired) electrons. The number of rotatable bonds is 7. The fourth-order valence-electron chi connectivity index (χ4n) is 2.13. The molecule has 0 fully saturated rings. The maximum atomic E-state index is 5.47. The Kier molecular flexibility index (Phi) is 5.48. The molecule has 0 spiro atoms. The van der Waals surface area contributed by atoms with Crippen molar-refractivity contribution in [3.8, 4) is 11.5 Å². The lowest BCUT2D eigenvalue weighted by Crippen LogP contribution is -2.24. The maximum Gasteiger partial charge on any atom is 0.259 e. The summed E-state index contributed by atoms with van der Waals surface area (Å²) < 4.78 is 5.47. The average Bonchev–Trinajstić information content (AvgIpc) is 3.25. The van der Waals surface area contributed by atoms with Crippen molar-refractivity contribution in [2.24, 2.45) is 0 Å². The summed E-state index contributed by atoms with van der Waals surface area (Å²) in [5.41, 5.74) is 1.00. The van der Waals surface area contributed by atoms with E-state index in [4.69, 9.17) is 4.52 Å². The first kappa shape index (κ1) is 16.2. The van der Waals surface area contributed by atoms with E-state index in [0.29, 0.717) is 11.9 Å². The van der Waals surface area contributed by atoms with Crippen molar-refractivity contribution in [1.29, 1.82) is 0 Å². The van der Waals surface area contributed by atoms with Crippen molar-refractivity contribution >= 4 is 23.1 Å². The number of thiophene rings is 1. The van der Waals surface area contributed by atoms with Gasteiger partial charge in [0, 0.05) is 28.0 Å². The van der Waals surface area contributed by atoms with E-state index < -0.39 is 0 Å². The lowest BCUT2D eigenvalue weighted by molar-refractivity contribution is 0.417. The van der Waals surface area contributed by atoms with Crippen molar-refractivity contribution in [2.75, 3.05) is 7.05 Å². The van der Waals surface area contributed by atoms with Gasteiger partial charge in [-0.3, -0.25) is 0 Å². The molecular formula is C17H19N3OS2. The minimum Gasteiger partial charge on any atom is -0.334 e. The van der Waals surface area contributed by atoms with E-state index in [0.717, 1.165) is 28.5 Å². The Balaban J connectivity index is 1.77. The number of benzene rings is 1. The van der Waals surface area contributed by atoms with Crippen LogP contribution in [0.15, 0.2) is 51.2 Å². The number of hydrogen-bond acceptors (Lipinski definition) is 6. The molecule has 6 heteroatoms. The van der Waals surface area contributed by atoms with Gasteiger partial charge in [0.2, 0.25) is 0 Å². The van der Waals surface area contributed by atoms with Crippen LogP contribution in [0.5, 0.6) is 0 Å². The highest BCUT2D eigenvalue weighted by Gasteiger charge is 2.14. The molecular weight excluding hydrogens is 326 g/mol. The zero-order valence-electron chi connectivity index (χ0n) is 13.2. The summed E-state index contributed by atoms with van der Waals surface area (Å²) in [5, 5.41) is 9.39. The Bertz CT molecular complexity index is 740. The molecule has 0 saturated carbocycles. The van der Waals surface area contributed by atoms with E-state index >= 15 is 0 Å². The molecule has 1 atom stereocenters. The summed E-state index contributed by atoms with van der Waals surface area (Å²) in [4.78, 5) is 7.07. The van der Waals surface area contributed by atoms with E-state index in [1.54, 1.807) is 23.1 Å². The molecule has 0 aliphatic carbocycles. The van der Waals surface area contributed by atoms with Crippen LogP contribution in [0.4, 0.5) is 0 Å². The van der Waals surface area contributed by atoms with Gasteiger partial charge in [0.15, 0.2) is 5.82 Å². The molecule has 23 heavy (non-hydrogen) atoms. The lowest BCUT2D eigenvalue weighted by atomic mass is 10.2. The fraction of sp³-hybridized carbons (Fsp3) is 0.294. The molecule has 0 aliphatic heterocycles. The number of nitrogens with one attached hydrogen (secondary N) is 1. The van der Waals surface area contributed by atoms with Gasteiger partial charge in [0.25, 0.3) is 5.89 Å². The summed E-state index contributed by atoms with van der Waals surface area (Å²) >= 11 is 3.58. The highest BCUT2D eigenvalue weighted by atomic mass is 32.2. The topological polar surface area (TPSA) is 51.0 Å². The highest BCUT2D eigenvalue weighted by molar-refractivity contribution is 7.98. The van der Waals surface area contributed by atoms with Gasteiger partial charge in [-0.25, -0.2) is 0 Å². The predicted molar refractivity (Wildman–Crippen MR) is 95.8 cm³/mol. The summed E-state index contributed by atoms with van der Waals surface area (Å²) in [7, 11) is 1.93. The number of nitrogens with zero attached hydrogens (tertiary/aromatic N) is 2. The van der Waals surface area contributed by atoms with Crippen LogP contribution in [0.2, 0.25) is 0 Å². The summed E-state index contributed by atoms with van der Waals surface area (Å²) in [6.07, 6.45) is 0.754. The maximum absolute atomic E-state index is 5.47. The molecule has 3 rings (SSSR count). The standard InChI is InChI=1S/C17H19N3OS2/c1-12(18-2)10-16-19-17(21-20-16)14-7-3-4-8-15(14)23-11-13-6-5-9-22-13/h3-9,12,18H,10-11H2,1-2H3. The smallest absolute Gasteiger partial charge is 0.259 e. The Hall–Kier alpha value is -1.63. The van der Waals surface area contributed by atoms with Crippen LogP contribution in [0.1, 0.15) is 17.6 Å². The van der Waals surface area contributed by atoms with Gasteiger partial charge in [-0.05, 0) is 37.6 Å². The van der Waals surface area contributed by atoms with Gasteiger partial charge in [0.1, 0.15) is 0 Å². The first-order valence-electron chi connectivity index (χ1n) is 7.50. The largest absolute Gasteiger partial charge is 0.334 e. The molecule has 1 unspecified atom stereocenters. The minimum atomic E-state index is 0.323. The van der Waals surface area contributed by atoms with E-state index in [1.165, 1.54) is 4.88 Å². The zero-order chi connectivity index (χ0) is 16.1. The second-order valence-corrected chi connectivity index (χ2v) is 7.32. The van der Waals surface area contributed by atoms with Gasteiger partial charge in [-0.2, -0.15) is 4.98 Å².